The lowest BCUT2D eigenvalue weighted by molar-refractivity contribution is 0.402. The van der Waals surface area contributed by atoms with Crippen LogP contribution in [0.4, 0.5) is 0 Å². The smallest absolute Gasteiger partial charge is 0.113 e. The first kappa shape index (κ1) is 12.9. The topological polar surface area (TPSA) is 47.1 Å². The van der Waals surface area contributed by atoms with Crippen LogP contribution in [-0.4, -0.2) is 40.6 Å². The highest BCUT2D eigenvalue weighted by molar-refractivity contribution is 5.85. The van der Waals surface area contributed by atoms with Crippen LogP contribution in [0.1, 0.15) is 30.3 Å². The van der Waals surface area contributed by atoms with Gasteiger partial charge in [-0.1, -0.05) is 0 Å². The predicted molar refractivity (Wildman–Crippen MR) is 70.6 cm³/mol. The molecule has 0 amide bonds. The van der Waals surface area contributed by atoms with Crippen molar-refractivity contribution in [3.05, 3.63) is 17.7 Å². The molecule has 1 aromatic heterocycles. The van der Waals surface area contributed by atoms with Gasteiger partial charge < -0.3 is 15.2 Å². The van der Waals surface area contributed by atoms with Crippen molar-refractivity contribution < 1.29 is 0 Å². The molecule has 0 aromatic carbocycles. The van der Waals surface area contributed by atoms with Crippen LogP contribution in [0.15, 0.2) is 6.20 Å². The largest absolute Gasteiger partial charge is 0.332 e. The van der Waals surface area contributed by atoms with Crippen LogP contribution in [0, 0.1) is 0 Å². The van der Waals surface area contributed by atoms with Crippen molar-refractivity contribution >= 4 is 12.4 Å². The van der Waals surface area contributed by atoms with Crippen LogP contribution in [0.3, 0.4) is 0 Å². The molecule has 0 saturated carbocycles. The number of likely N-dealkylation sites (tertiary alicyclic amines) is 1. The minimum absolute atomic E-state index is 0. The molecule has 0 radical (unpaired) electrons. The predicted octanol–water partition coefficient (Wildman–Crippen LogP) is 0.997. The highest BCUT2D eigenvalue weighted by Crippen LogP contribution is 2.28. The van der Waals surface area contributed by atoms with Gasteiger partial charge in [0.25, 0.3) is 0 Å². The van der Waals surface area contributed by atoms with Gasteiger partial charge in [-0.15, -0.1) is 12.4 Å². The highest BCUT2D eigenvalue weighted by Gasteiger charge is 2.27. The van der Waals surface area contributed by atoms with E-state index >= 15 is 0 Å². The Bertz CT molecular complexity index is 390. The van der Waals surface area contributed by atoms with E-state index in [1.54, 1.807) is 0 Å². The van der Waals surface area contributed by atoms with E-state index in [-0.39, 0.29) is 12.4 Å². The summed E-state index contributed by atoms with van der Waals surface area (Å²) in [5, 5.41) is 0. The number of halogens is 1. The normalized spacial score (nSPS) is 28.8. The van der Waals surface area contributed by atoms with Gasteiger partial charge in [-0.2, -0.15) is 0 Å². The lowest BCUT2D eigenvalue weighted by atomic mass is 10.0. The minimum atomic E-state index is 0. The third kappa shape index (κ3) is 2.34. The maximum absolute atomic E-state index is 5.99. The molecule has 2 atom stereocenters. The standard InChI is InChI=1S/C12H20N4.ClH/c1-15-4-2-9(8-15)12-14-7-11-6-10(13)3-5-16(11)12;/h7,9-10H,2-6,8,13H2,1H3;1H. The maximum Gasteiger partial charge on any atom is 0.113 e. The molecule has 3 rings (SSSR count). The Morgan fingerprint density at radius 2 is 2.18 bits per heavy atom. The van der Waals surface area contributed by atoms with Crippen LogP contribution in [0.5, 0.6) is 0 Å². The Hall–Kier alpha value is -0.580. The molecule has 1 aromatic rings. The van der Waals surface area contributed by atoms with E-state index in [0.29, 0.717) is 12.0 Å². The summed E-state index contributed by atoms with van der Waals surface area (Å²) in [6.45, 7) is 3.42. The summed E-state index contributed by atoms with van der Waals surface area (Å²) in [7, 11) is 2.19. The summed E-state index contributed by atoms with van der Waals surface area (Å²) in [5.41, 5.74) is 7.32. The molecule has 1 saturated heterocycles. The first-order valence-electron chi connectivity index (χ1n) is 6.22. The van der Waals surface area contributed by atoms with Gasteiger partial charge in [0.2, 0.25) is 0 Å². The second-order valence-electron chi connectivity index (χ2n) is 5.26. The van der Waals surface area contributed by atoms with Crippen molar-refractivity contribution in [1.29, 1.82) is 0 Å². The number of nitrogens with zero attached hydrogens (tertiary/aromatic N) is 3. The van der Waals surface area contributed by atoms with Crippen molar-refractivity contribution in [3.63, 3.8) is 0 Å². The van der Waals surface area contributed by atoms with Crippen LogP contribution in [0.25, 0.3) is 0 Å². The number of nitrogens with two attached hydrogens (primary N) is 1. The van der Waals surface area contributed by atoms with Crippen LogP contribution < -0.4 is 5.73 Å². The number of fused-ring (bicyclic) bond motifs is 1. The molecule has 2 unspecified atom stereocenters. The third-order valence-electron chi connectivity index (χ3n) is 3.92. The van der Waals surface area contributed by atoms with Crippen molar-refractivity contribution in [2.24, 2.45) is 5.73 Å². The summed E-state index contributed by atoms with van der Waals surface area (Å²) in [6.07, 6.45) is 5.38. The summed E-state index contributed by atoms with van der Waals surface area (Å²) in [5.74, 6) is 1.93. The second-order valence-corrected chi connectivity index (χ2v) is 5.26. The quantitative estimate of drug-likeness (QED) is 0.816. The Morgan fingerprint density at radius 1 is 1.35 bits per heavy atom. The molecular formula is C12H21ClN4. The number of hydrogen-bond acceptors (Lipinski definition) is 3. The molecule has 2 aliphatic heterocycles. The van der Waals surface area contributed by atoms with Gasteiger partial charge in [-0.25, -0.2) is 4.98 Å². The average Bonchev–Trinajstić information content (AvgIpc) is 2.83. The molecule has 17 heavy (non-hydrogen) atoms. The lowest BCUT2D eigenvalue weighted by Gasteiger charge is -2.23. The summed E-state index contributed by atoms with van der Waals surface area (Å²) in [6, 6.07) is 0.336. The van der Waals surface area contributed by atoms with Gasteiger partial charge in [-0.05, 0) is 26.4 Å². The number of imidazole rings is 1. The molecule has 4 nitrogen and oxygen atoms in total. The fourth-order valence-electron chi connectivity index (χ4n) is 2.99. The zero-order valence-electron chi connectivity index (χ0n) is 10.3. The number of rotatable bonds is 1. The molecular weight excluding hydrogens is 236 g/mol. The first-order valence-corrected chi connectivity index (χ1v) is 6.22. The van der Waals surface area contributed by atoms with E-state index in [1.165, 1.54) is 24.5 Å². The van der Waals surface area contributed by atoms with Gasteiger partial charge in [-0.3, -0.25) is 0 Å². The fourth-order valence-corrected chi connectivity index (χ4v) is 2.99. The van der Waals surface area contributed by atoms with Crippen molar-refractivity contribution in [2.45, 2.75) is 37.8 Å². The van der Waals surface area contributed by atoms with Gasteiger partial charge >= 0.3 is 0 Å². The molecule has 5 heteroatoms. The molecule has 96 valence electrons. The van der Waals surface area contributed by atoms with Crippen LogP contribution >= 0.6 is 12.4 Å². The lowest BCUT2D eigenvalue weighted by Crippen LogP contribution is -2.31. The van der Waals surface area contributed by atoms with Gasteiger partial charge in [0.15, 0.2) is 0 Å². The third-order valence-corrected chi connectivity index (χ3v) is 3.92. The zero-order chi connectivity index (χ0) is 11.1. The van der Waals surface area contributed by atoms with E-state index in [2.05, 4.69) is 21.5 Å². The monoisotopic (exact) mass is 256 g/mol. The molecule has 0 spiro atoms. The first-order chi connectivity index (χ1) is 7.74. The van der Waals surface area contributed by atoms with Gasteiger partial charge in [0, 0.05) is 43.4 Å². The average molecular weight is 257 g/mol. The second kappa shape index (κ2) is 4.96. The Labute approximate surface area is 109 Å². The maximum atomic E-state index is 5.99. The molecule has 0 aliphatic carbocycles. The SMILES string of the molecule is CN1CCC(c2ncc3n2CCC(N)C3)C1.Cl. The zero-order valence-corrected chi connectivity index (χ0v) is 11.1. The van der Waals surface area contributed by atoms with E-state index in [1.807, 2.05) is 6.20 Å². The van der Waals surface area contributed by atoms with E-state index in [9.17, 15) is 0 Å². The summed E-state index contributed by atoms with van der Waals surface area (Å²) >= 11 is 0. The van der Waals surface area contributed by atoms with Crippen molar-refractivity contribution in [1.82, 2.24) is 14.5 Å². The molecule has 0 bridgehead atoms. The van der Waals surface area contributed by atoms with E-state index in [0.717, 1.165) is 25.9 Å². The molecule has 3 heterocycles. The highest BCUT2D eigenvalue weighted by atomic mass is 35.5. The van der Waals surface area contributed by atoms with Gasteiger partial charge in [0.05, 0.1) is 0 Å². The minimum Gasteiger partial charge on any atom is -0.332 e. The number of likely N-dealkylation sites (N-methyl/N-ethyl adjacent to an activating group) is 1. The Morgan fingerprint density at radius 3 is 2.88 bits per heavy atom. The molecule has 2 aliphatic rings. The summed E-state index contributed by atoms with van der Waals surface area (Å²) < 4.78 is 2.41. The molecule has 2 N–H and O–H groups in total. The van der Waals surface area contributed by atoms with Crippen LogP contribution in [-0.2, 0) is 13.0 Å². The Balaban J connectivity index is 0.00000108. The summed E-state index contributed by atoms with van der Waals surface area (Å²) in [4.78, 5) is 7.02. The number of aromatic nitrogens is 2. The fraction of sp³-hybridized carbons (Fsp3) is 0.750. The molecule has 1 fully saturated rings. The number of hydrogen-bond donors (Lipinski definition) is 1. The van der Waals surface area contributed by atoms with E-state index < -0.39 is 0 Å². The Kier molecular flexibility index (Phi) is 3.76. The van der Waals surface area contributed by atoms with Gasteiger partial charge in [0.1, 0.15) is 5.82 Å². The van der Waals surface area contributed by atoms with Crippen molar-refractivity contribution in [2.75, 3.05) is 20.1 Å². The van der Waals surface area contributed by atoms with Crippen molar-refractivity contribution in [3.8, 4) is 0 Å². The van der Waals surface area contributed by atoms with Crippen LogP contribution in [0.2, 0.25) is 0 Å². The van der Waals surface area contributed by atoms with E-state index in [4.69, 9.17) is 5.73 Å².